The highest BCUT2D eigenvalue weighted by molar-refractivity contribution is 7.99. The minimum absolute atomic E-state index is 0.177. The molecule has 1 saturated heterocycles. The number of hydrogen-bond acceptors (Lipinski definition) is 5. The molecule has 122 valence electrons. The van der Waals surface area contributed by atoms with Crippen molar-refractivity contribution in [3.63, 3.8) is 0 Å². The van der Waals surface area contributed by atoms with Gasteiger partial charge in [0.05, 0.1) is 0 Å². The Bertz CT molecular complexity index is 352. The average molecular weight is 317 g/mol. The molecule has 0 aliphatic carbocycles. The topological polar surface area (TPSA) is 70.7 Å². The normalized spacial score (nSPS) is 17.3. The molecule has 6 nitrogen and oxygen atoms in total. The molecule has 2 amide bonds. The number of hydrogen-bond donors (Lipinski definition) is 2. The van der Waals surface area contributed by atoms with Crippen molar-refractivity contribution in [2.24, 2.45) is 0 Å². The minimum atomic E-state index is -0.578. The number of thioether (sulfide) groups is 1. The molecule has 1 atom stereocenters. The highest BCUT2D eigenvalue weighted by Crippen LogP contribution is 2.09. The summed E-state index contributed by atoms with van der Waals surface area (Å²) in [7, 11) is 0. The summed E-state index contributed by atoms with van der Waals surface area (Å²) in [5.41, 5.74) is 2.30. The molecule has 1 heterocycles. The number of alkyl carbamates (subject to hydrolysis) is 1. The van der Waals surface area contributed by atoms with Gasteiger partial charge in [0.1, 0.15) is 11.6 Å². The van der Waals surface area contributed by atoms with Gasteiger partial charge < -0.3 is 10.1 Å². The summed E-state index contributed by atoms with van der Waals surface area (Å²) < 4.78 is 5.22. The van der Waals surface area contributed by atoms with E-state index in [2.05, 4.69) is 10.7 Å². The lowest BCUT2D eigenvalue weighted by Gasteiger charge is -2.25. The van der Waals surface area contributed by atoms with E-state index in [9.17, 15) is 9.59 Å². The molecule has 0 aromatic heterocycles. The number of nitrogens with one attached hydrogen (secondary N) is 2. The van der Waals surface area contributed by atoms with Crippen LogP contribution in [0.15, 0.2) is 0 Å². The van der Waals surface area contributed by atoms with Gasteiger partial charge in [-0.05, 0) is 39.4 Å². The van der Waals surface area contributed by atoms with Crippen LogP contribution in [0.1, 0.15) is 40.5 Å². The van der Waals surface area contributed by atoms with Gasteiger partial charge in [0.15, 0.2) is 0 Å². The number of hydrazine groups is 1. The first-order chi connectivity index (χ1) is 9.81. The van der Waals surface area contributed by atoms with E-state index in [0.717, 1.165) is 31.7 Å². The fourth-order valence-electron chi connectivity index (χ4n) is 1.93. The molecule has 7 heteroatoms. The summed E-state index contributed by atoms with van der Waals surface area (Å²) in [5, 5.41) is 4.57. The Hall–Kier alpha value is -0.950. The third-order valence-corrected chi connectivity index (χ3v) is 3.85. The fraction of sp³-hybridized carbons (Fsp3) is 0.857. The van der Waals surface area contributed by atoms with Crippen molar-refractivity contribution in [1.29, 1.82) is 0 Å². The van der Waals surface area contributed by atoms with Crippen molar-refractivity contribution in [3.05, 3.63) is 0 Å². The number of ether oxygens (including phenoxy) is 1. The van der Waals surface area contributed by atoms with E-state index < -0.39 is 17.7 Å². The Balaban J connectivity index is 2.52. The lowest BCUT2D eigenvalue weighted by Crippen LogP contribution is -2.53. The molecule has 21 heavy (non-hydrogen) atoms. The molecule has 0 radical (unpaired) electrons. The highest BCUT2D eigenvalue weighted by atomic mass is 32.2. The van der Waals surface area contributed by atoms with E-state index in [0.29, 0.717) is 5.75 Å². The van der Waals surface area contributed by atoms with Crippen molar-refractivity contribution < 1.29 is 14.3 Å². The summed E-state index contributed by atoms with van der Waals surface area (Å²) in [5.74, 6) is 1.25. The van der Waals surface area contributed by atoms with E-state index in [4.69, 9.17) is 4.74 Å². The molecule has 0 aromatic rings. The van der Waals surface area contributed by atoms with Crippen LogP contribution in [0.5, 0.6) is 0 Å². The van der Waals surface area contributed by atoms with Crippen LogP contribution < -0.4 is 10.7 Å². The maximum absolute atomic E-state index is 12.3. The van der Waals surface area contributed by atoms with E-state index in [1.807, 2.05) is 11.9 Å². The van der Waals surface area contributed by atoms with E-state index >= 15 is 0 Å². The fourth-order valence-corrected chi connectivity index (χ4v) is 2.64. The molecule has 1 fully saturated rings. The van der Waals surface area contributed by atoms with E-state index in [1.54, 1.807) is 32.5 Å². The highest BCUT2D eigenvalue weighted by Gasteiger charge is 2.26. The second kappa shape index (κ2) is 8.48. The molecule has 0 bridgehead atoms. The van der Waals surface area contributed by atoms with Gasteiger partial charge in [-0.25, -0.2) is 9.80 Å². The van der Waals surface area contributed by atoms with Gasteiger partial charge in [0, 0.05) is 18.8 Å². The van der Waals surface area contributed by atoms with E-state index in [-0.39, 0.29) is 5.91 Å². The number of amides is 2. The molecular weight excluding hydrogens is 290 g/mol. The standard InChI is InChI=1S/C14H27N3O3S/c1-5-21-10-11(15-13(19)20-14(2,3)4)12(18)16-17-8-6-7-9-17/h11H,5-10H2,1-4H3,(H,15,19)(H,16,18)/t11-/m0/s1. The van der Waals surface area contributed by atoms with Crippen LogP contribution in [-0.2, 0) is 9.53 Å². The average Bonchev–Trinajstić information content (AvgIpc) is 2.84. The summed E-state index contributed by atoms with van der Waals surface area (Å²) in [6, 6.07) is -0.578. The van der Waals surface area contributed by atoms with Crippen molar-refractivity contribution in [3.8, 4) is 0 Å². The second-order valence-electron chi connectivity index (χ2n) is 6.03. The van der Waals surface area contributed by atoms with Crippen LogP contribution in [0.4, 0.5) is 4.79 Å². The Morgan fingerprint density at radius 2 is 1.90 bits per heavy atom. The lowest BCUT2D eigenvalue weighted by atomic mass is 10.2. The quantitative estimate of drug-likeness (QED) is 0.781. The first-order valence-corrected chi connectivity index (χ1v) is 8.60. The molecule has 0 aromatic carbocycles. The van der Waals surface area contributed by atoms with Crippen molar-refractivity contribution in [2.45, 2.75) is 52.2 Å². The number of carbonyl (C=O) groups is 2. The molecule has 2 N–H and O–H groups in total. The zero-order chi connectivity index (χ0) is 15.9. The molecular formula is C14H27N3O3S. The van der Waals surface area contributed by atoms with Crippen LogP contribution in [0, 0.1) is 0 Å². The molecule has 0 spiro atoms. The number of rotatable bonds is 6. The maximum Gasteiger partial charge on any atom is 0.408 e. The van der Waals surface area contributed by atoms with Crippen LogP contribution in [0.25, 0.3) is 0 Å². The third kappa shape index (κ3) is 7.57. The summed E-state index contributed by atoms with van der Waals surface area (Å²) >= 11 is 1.61. The minimum Gasteiger partial charge on any atom is -0.444 e. The van der Waals surface area contributed by atoms with Crippen molar-refractivity contribution in [1.82, 2.24) is 15.8 Å². The smallest absolute Gasteiger partial charge is 0.408 e. The summed E-state index contributed by atoms with van der Waals surface area (Å²) in [6.45, 7) is 9.15. The Kier molecular flexibility index (Phi) is 7.31. The number of nitrogens with zero attached hydrogens (tertiary/aromatic N) is 1. The van der Waals surface area contributed by atoms with Crippen LogP contribution in [0.2, 0.25) is 0 Å². The van der Waals surface area contributed by atoms with Gasteiger partial charge in [-0.15, -0.1) is 0 Å². The molecule has 0 saturated carbocycles. The molecule has 0 unspecified atom stereocenters. The van der Waals surface area contributed by atoms with Gasteiger partial charge in [-0.3, -0.25) is 10.2 Å². The van der Waals surface area contributed by atoms with Crippen molar-refractivity contribution in [2.75, 3.05) is 24.6 Å². The molecule has 1 aliphatic rings. The van der Waals surface area contributed by atoms with Gasteiger partial charge in [-0.1, -0.05) is 6.92 Å². The summed E-state index contributed by atoms with van der Waals surface area (Å²) in [6.07, 6.45) is 1.63. The van der Waals surface area contributed by atoms with Crippen LogP contribution in [-0.4, -0.2) is 53.2 Å². The Labute approximate surface area is 131 Å². The lowest BCUT2D eigenvalue weighted by molar-refractivity contribution is -0.127. The zero-order valence-electron chi connectivity index (χ0n) is 13.4. The SMILES string of the molecule is CCSC[C@H](NC(=O)OC(C)(C)C)C(=O)NN1CCCC1. The van der Waals surface area contributed by atoms with Gasteiger partial charge >= 0.3 is 6.09 Å². The zero-order valence-corrected chi connectivity index (χ0v) is 14.2. The van der Waals surface area contributed by atoms with Crippen molar-refractivity contribution >= 4 is 23.8 Å². The first-order valence-electron chi connectivity index (χ1n) is 7.44. The van der Waals surface area contributed by atoms with Gasteiger partial charge in [0.2, 0.25) is 0 Å². The maximum atomic E-state index is 12.3. The van der Waals surface area contributed by atoms with Crippen LogP contribution in [0.3, 0.4) is 0 Å². The predicted molar refractivity (Wildman–Crippen MR) is 85.1 cm³/mol. The van der Waals surface area contributed by atoms with Crippen LogP contribution >= 0.6 is 11.8 Å². The van der Waals surface area contributed by atoms with Gasteiger partial charge in [-0.2, -0.15) is 11.8 Å². The first kappa shape index (κ1) is 18.1. The number of carbonyl (C=O) groups excluding carboxylic acids is 2. The third-order valence-electron chi connectivity index (χ3n) is 2.87. The molecule has 1 aliphatic heterocycles. The second-order valence-corrected chi connectivity index (χ2v) is 7.35. The Morgan fingerprint density at radius 3 is 2.43 bits per heavy atom. The Morgan fingerprint density at radius 1 is 1.29 bits per heavy atom. The van der Waals surface area contributed by atoms with E-state index in [1.165, 1.54) is 0 Å². The predicted octanol–water partition coefficient (Wildman–Crippen LogP) is 1.76. The summed E-state index contributed by atoms with van der Waals surface area (Å²) in [4.78, 5) is 24.1. The largest absolute Gasteiger partial charge is 0.444 e. The van der Waals surface area contributed by atoms with Gasteiger partial charge in [0.25, 0.3) is 5.91 Å². The molecule has 1 rings (SSSR count). The monoisotopic (exact) mass is 317 g/mol.